The number of esters is 1. The second-order valence-electron chi connectivity index (χ2n) is 7.71. The highest BCUT2D eigenvalue weighted by molar-refractivity contribution is 5.80. The Labute approximate surface area is 175 Å². The third-order valence-corrected chi connectivity index (χ3v) is 5.81. The van der Waals surface area contributed by atoms with E-state index in [0.717, 1.165) is 25.2 Å². The number of rotatable bonds is 5. The highest BCUT2D eigenvalue weighted by atomic mass is 16.5. The number of aromatic nitrogens is 5. The molecule has 10 nitrogen and oxygen atoms in total. The molecule has 1 atom stereocenters. The average molecular weight is 413 g/mol. The number of anilines is 1. The van der Waals surface area contributed by atoms with Crippen LogP contribution in [0.1, 0.15) is 32.6 Å². The molecular weight excluding hydrogens is 386 g/mol. The SMILES string of the molecule is CCOC(=O)C1CCN(C(=O)C2CCCN(c3cc(-n4cncn4)ncn3)C2)CC1. The summed E-state index contributed by atoms with van der Waals surface area (Å²) in [5, 5.41) is 4.11. The van der Waals surface area contributed by atoms with E-state index < -0.39 is 0 Å². The zero-order valence-corrected chi connectivity index (χ0v) is 17.2. The Morgan fingerprint density at radius 2 is 1.87 bits per heavy atom. The van der Waals surface area contributed by atoms with Gasteiger partial charge in [0.25, 0.3) is 0 Å². The number of carbonyl (C=O) groups is 2. The van der Waals surface area contributed by atoms with Crippen LogP contribution in [0.2, 0.25) is 0 Å². The molecular formula is C20H27N7O3. The molecule has 0 spiro atoms. The summed E-state index contributed by atoms with van der Waals surface area (Å²) in [6, 6.07) is 1.87. The van der Waals surface area contributed by atoms with Crippen molar-refractivity contribution in [3.63, 3.8) is 0 Å². The minimum absolute atomic E-state index is 0.0670. The minimum Gasteiger partial charge on any atom is -0.466 e. The summed E-state index contributed by atoms with van der Waals surface area (Å²) in [6.07, 6.45) is 7.71. The zero-order valence-electron chi connectivity index (χ0n) is 17.2. The van der Waals surface area contributed by atoms with E-state index in [0.29, 0.717) is 44.9 Å². The number of nitrogens with zero attached hydrogens (tertiary/aromatic N) is 7. The van der Waals surface area contributed by atoms with Crippen LogP contribution in [0.3, 0.4) is 0 Å². The molecule has 30 heavy (non-hydrogen) atoms. The Morgan fingerprint density at radius 3 is 2.60 bits per heavy atom. The van der Waals surface area contributed by atoms with Crippen LogP contribution in [0.4, 0.5) is 5.82 Å². The van der Waals surface area contributed by atoms with Crippen LogP contribution in [-0.2, 0) is 14.3 Å². The molecule has 2 aliphatic rings. The van der Waals surface area contributed by atoms with Crippen molar-refractivity contribution in [2.24, 2.45) is 11.8 Å². The number of piperidine rings is 2. The highest BCUT2D eigenvalue weighted by Gasteiger charge is 2.33. The number of hydrogen-bond acceptors (Lipinski definition) is 8. The van der Waals surface area contributed by atoms with Gasteiger partial charge in [-0.25, -0.2) is 19.6 Å². The van der Waals surface area contributed by atoms with Crippen LogP contribution in [0.25, 0.3) is 5.82 Å². The van der Waals surface area contributed by atoms with E-state index in [4.69, 9.17) is 4.74 Å². The van der Waals surface area contributed by atoms with Crippen LogP contribution in [0.15, 0.2) is 25.0 Å². The second-order valence-corrected chi connectivity index (χ2v) is 7.71. The largest absolute Gasteiger partial charge is 0.466 e. The molecule has 4 heterocycles. The Bertz CT molecular complexity index is 865. The number of ether oxygens (including phenoxy) is 1. The summed E-state index contributed by atoms with van der Waals surface area (Å²) in [5.74, 6) is 1.31. The van der Waals surface area contributed by atoms with Crippen LogP contribution < -0.4 is 4.90 Å². The molecule has 2 aromatic heterocycles. The molecule has 2 aliphatic heterocycles. The minimum atomic E-state index is -0.139. The maximum absolute atomic E-state index is 13.1. The second kappa shape index (κ2) is 9.19. The van der Waals surface area contributed by atoms with Gasteiger partial charge in [-0.3, -0.25) is 9.59 Å². The van der Waals surface area contributed by atoms with Crippen LogP contribution in [0.5, 0.6) is 0 Å². The van der Waals surface area contributed by atoms with Crippen molar-refractivity contribution in [2.75, 3.05) is 37.7 Å². The maximum atomic E-state index is 13.1. The molecule has 1 unspecified atom stereocenters. The highest BCUT2D eigenvalue weighted by Crippen LogP contribution is 2.26. The summed E-state index contributed by atoms with van der Waals surface area (Å²) < 4.78 is 6.71. The molecule has 0 radical (unpaired) electrons. The van der Waals surface area contributed by atoms with Gasteiger partial charge in [0.2, 0.25) is 5.91 Å². The van der Waals surface area contributed by atoms with Gasteiger partial charge in [-0.15, -0.1) is 0 Å². The molecule has 0 aliphatic carbocycles. The van der Waals surface area contributed by atoms with Crippen molar-refractivity contribution in [1.82, 2.24) is 29.6 Å². The first-order valence-corrected chi connectivity index (χ1v) is 10.5. The van der Waals surface area contributed by atoms with Gasteiger partial charge >= 0.3 is 5.97 Å². The summed E-state index contributed by atoms with van der Waals surface area (Å²) >= 11 is 0. The van der Waals surface area contributed by atoms with Crippen molar-refractivity contribution in [2.45, 2.75) is 32.6 Å². The van der Waals surface area contributed by atoms with Gasteiger partial charge in [-0.2, -0.15) is 5.10 Å². The van der Waals surface area contributed by atoms with E-state index in [-0.39, 0.29) is 23.7 Å². The molecule has 1 amide bonds. The van der Waals surface area contributed by atoms with E-state index in [1.807, 2.05) is 17.9 Å². The van der Waals surface area contributed by atoms with E-state index in [1.165, 1.54) is 12.7 Å². The van der Waals surface area contributed by atoms with Gasteiger partial charge in [0.1, 0.15) is 24.8 Å². The Hall–Kier alpha value is -3.04. The maximum Gasteiger partial charge on any atom is 0.309 e. The lowest BCUT2D eigenvalue weighted by molar-refractivity contribution is -0.151. The van der Waals surface area contributed by atoms with Gasteiger partial charge in [0, 0.05) is 32.2 Å². The van der Waals surface area contributed by atoms with Gasteiger partial charge in [0.15, 0.2) is 5.82 Å². The molecule has 0 bridgehead atoms. The first kappa shape index (κ1) is 20.2. The molecule has 0 saturated carbocycles. The Morgan fingerprint density at radius 1 is 1.07 bits per heavy atom. The number of likely N-dealkylation sites (tertiary alicyclic amines) is 1. The fourth-order valence-corrected chi connectivity index (χ4v) is 4.20. The van der Waals surface area contributed by atoms with E-state index >= 15 is 0 Å². The predicted octanol–water partition coefficient (Wildman–Crippen LogP) is 1.08. The normalized spacial score (nSPS) is 20.2. The van der Waals surface area contributed by atoms with Crippen molar-refractivity contribution in [3.05, 3.63) is 25.0 Å². The smallest absolute Gasteiger partial charge is 0.309 e. The number of carbonyl (C=O) groups excluding carboxylic acids is 2. The topological polar surface area (TPSA) is 106 Å². The van der Waals surface area contributed by atoms with Crippen molar-refractivity contribution in [1.29, 1.82) is 0 Å². The molecule has 10 heteroatoms. The molecule has 160 valence electrons. The fourth-order valence-electron chi connectivity index (χ4n) is 4.20. The third kappa shape index (κ3) is 4.42. The van der Waals surface area contributed by atoms with E-state index in [1.54, 1.807) is 11.0 Å². The predicted molar refractivity (Wildman–Crippen MR) is 108 cm³/mol. The zero-order chi connectivity index (χ0) is 20.9. The summed E-state index contributed by atoms with van der Waals surface area (Å²) in [6.45, 7) is 4.92. The fraction of sp³-hybridized carbons (Fsp3) is 0.600. The quantitative estimate of drug-likeness (QED) is 0.670. The third-order valence-electron chi connectivity index (χ3n) is 5.81. The summed E-state index contributed by atoms with van der Waals surface area (Å²) in [5.41, 5.74) is 0. The Balaban J connectivity index is 1.37. The molecule has 0 N–H and O–H groups in total. The van der Waals surface area contributed by atoms with Gasteiger partial charge in [-0.05, 0) is 32.6 Å². The first-order valence-electron chi connectivity index (χ1n) is 10.5. The van der Waals surface area contributed by atoms with Crippen molar-refractivity contribution < 1.29 is 14.3 Å². The molecule has 0 aromatic carbocycles. The average Bonchev–Trinajstić information content (AvgIpc) is 3.34. The van der Waals surface area contributed by atoms with Crippen LogP contribution >= 0.6 is 0 Å². The Kier molecular flexibility index (Phi) is 6.20. The van der Waals surface area contributed by atoms with Gasteiger partial charge < -0.3 is 14.5 Å². The van der Waals surface area contributed by atoms with E-state index in [9.17, 15) is 9.59 Å². The lowest BCUT2D eigenvalue weighted by Crippen LogP contribution is -2.48. The van der Waals surface area contributed by atoms with Crippen molar-refractivity contribution >= 4 is 17.7 Å². The monoisotopic (exact) mass is 413 g/mol. The summed E-state index contributed by atoms with van der Waals surface area (Å²) in [4.78, 5) is 41.7. The lowest BCUT2D eigenvalue weighted by atomic mass is 9.93. The van der Waals surface area contributed by atoms with Crippen LogP contribution in [0, 0.1) is 11.8 Å². The van der Waals surface area contributed by atoms with Gasteiger partial charge in [-0.1, -0.05) is 0 Å². The molecule has 2 aromatic rings. The number of amides is 1. The number of hydrogen-bond donors (Lipinski definition) is 0. The standard InChI is InChI=1S/C20H27N7O3/c1-2-30-20(29)15-5-8-25(9-6-15)19(28)16-4-3-7-26(11-16)17-10-18(23-13-22-17)27-14-21-12-24-27/h10,12-16H,2-9,11H2,1H3. The van der Waals surface area contributed by atoms with E-state index in [2.05, 4.69) is 25.0 Å². The molecule has 4 rings (SSSR count). The molecule has 2 saturated heterocycles. The van der Waals surface area contributed by atoms with Gasteiger partial charge in [0.05, 0.1) is 18.4 Å². The van der Waals surface area contributed by atoms with Crippen molar-refractivity contribution in [3.8, 4) is 5.82 Å². The molecule has 2 fully saturated rings. The summed E-state index contributed by atoms with van der Waals surface area (Å²) in [7, 11) is 0. The lowest BCUT2D eigenvalue weighted by Gasteiger charge is -2.37. The first-order chi connectivity index (χ1) is 14.7. The van der Waals surface area contributed by atoms with Crippen LogP contribution in [-0.4, -0.2) is 74.3 Å².